The lowest BCUT2D eigenvalue weighted by Crippen LogP contribution is -1.85. The molecule has 2 aromatic heterocycles. The summed E-state index contributed by atoms with van der Waals surface area (Å²) < 4.78 is 0. The molecule has 1 N–H and O–H groups in total. The first-order chi connectivity index (χ1) is 16.4. The maximum absolute atomic E-state index is 4.52. The van der Waals surface area contributed by atoms with Crippen LogP contribution in [-0.2, 0) is 0 Å². The van der Waals surface area contributed by atoms with Crippen molar-refractivity contribution in [3.05, 3.63) is 121 Å². The zero-order chi connectivity index (χ0) is 22.0. The Balaban J connectivity index is 0.000000131. The summed E-state index contributed by atoms with van der Waals surface area (Å²) in [6, 6.07) is 41.3. The second-order valence-corrected chi connectivity index (χ2v) is 7.97. The zero-order valence-electron chi connectivity index (χ0n) is 17.9. The van der Waals surface area contributed by atoms with E-state index in [0.29, 0.717) is 0 Å². The van der Waals surface area contributed by atoms with Gasteiger partial charge in [-0.15, -0.1) is 0 Å². The SMILES string of the molecule is c1ccc(-c2cccc3c2[nH]c2ccccc23)cc1.c1ccc2nc3ccccc3nc2c1. The second-order valence-electron chi connectivity index (χ2n) is 7.97. The second kappa shape index (κ2) is 8.21. The van der Waals surface area contributed by atoms with Gasteiger partial charge in [0.05, 0.1) is 27.6 Å². The molecule has 0 spiro atoms. The van der Waals surface area contributed by atoms with Crippen LogP contribution in [0.3, 0.4) is 0 Å². The molecule has 7 rings (SSSR count). The maximum atomic E-state index is 4.52. The van der Waals surface area contributed by atoms with Crippen molar-refractivity contribution in [3.8, 4) is 11.1 Å². The Kier molecular flexibility index (Phi) is 4.78. The molecule has 0 atom stereocenters. The zero-order valence-corrected chi connectivity index (χ0v) is 17.9. The number of hydrogen-bond donors (Lipinski definition) is 1. The highest BCUT2D eigenvalue weighted by molar-refractivity contribution is 6.11. The monoisotopic (exact) mass is 423 g/mol. The van der Waals surface area contributed by atoms with E-state index in [2.05, 4.69) is 87.7 Å². The highest BCUT2D eigenvalue weighted by Crippen LogP contribution is 2.32. The Morgan fingerprint density at radius 2 is 0.939 bits per heavy atom. The van der Waals surface area contributed by atoms with E-state index in [9.17, 15) is 0 Å². The van der Waals surface area contributed by atoms with E-state index in [-0.39, 0.29) is 0 Å². The van der Waals surface area contributed by atoms with Crippen LogP contribution in [0, 0.1) is 0 Å². The van der Waals surface area contributed by atoms with Crippen LogP contribution in [0.2, 0.25) is 0 Å². The first kappa shape index (κ1) is 19.2. The Morgan fingerprint density at radius 3 is 1.58 bits per heavy atom. The van der Waals surface area contributed by atoms with Crippen molar-refractivity contribution in [1.29, 1.82) is 0 Å². The van der Waals surface area contributed by atoms with Crippen molar-refractivity contribution in [2.24, 2.45) is 0 Å². The fraction of sp³-hybridized carbons (Fsp3) is 0. The lowest BCUT2D eigenvalue weighted by atomic mass is 10.0. The standard InChI is InChI=1S/C18H13N.C12H8N2/c1-2-7-13(8-3-1)14-10-6-11-16-15-9-4-5-12-17(15)19-18(14)16;1-2-6-10-9(5-1)13-11-7-3-4-8-12(11)14-10/h1-12,19H;1-8H. The number of nitrogens with one attached hydrogen (secondary N) is 1. The normalized spacial score (nSPS) is 11.0. The van der Waals surface area contributed by atoms with E-state index in [0.717, 1.165) is 22.1 Å². The first-order valence-electron chi connectivity index (χ1n) is 11.0. The fourth-order valence-electron chi connectivity index (χ4n) is 4.30. The molecule has 0 aliphatic carbocycles. The molecule has 33 heavy (non-hydrogen) atoms. The molecule has 2 heterocycles. The van der Waals surface area contributed by atoms with Gasteiger partial charge < -0.3 is 4.98 Å². The molecule has 0 radical (unpaired) electrons. The number of benzene rings is 5. The average molecular weight is 424 g/mol. The van der Waals surface area contributed by atoms with Crippen molar-refractivity contribution in [2.45, 2.75) is 0 Å². The minimum Gasteiger partial charge on any atom is -0.354 e. The van der Waals surface area contributed by atoms with Crippen LogP contribution >= 0.6 is 0 Å². The number of fused-ring (bicyclic) bond motifs is 5. The molecule has 0 unspecified atom stereocenters. The van der Waals surface area contributed by atoms with Gasteiger partial charge in [0, 0.05) is 21.9 Å². The average Bonchev–Trinajstić information content (AvgIpc) is 3.27. The maximum Gasteiger partial charge on any atom is 0.0894 e. The van der Waals surface area contributed by atoms with Gasteiger partial charge in [-0.3, -0.25) is 0 Å². The molecular formula is C30H21N3. The predicted molar refractivity (Wildman–Crippen MR) is 138 cm³/mol. The summed E-state index contributed by atoms with van der Waals surface area (Å²) in [5.41, 5.74) is 8.72. The summed E-state index contributed by atoms with van der Waals surface area (Å²) in [5.74, 6) is 0. The summed E-state index contributed by atoms with van der Waals surface area (Å²) in [6.45, 7) is 0. The van der Waals surface area contributed by atoms with E-state index in [1.54, 1.807) is 0 Å². The summed E-state index contributed by atoms with van der Waals surface area (Å²) >= 11 is 0. The molecule has 5 aromatic carbocycles. The molecule has 0 saturated heterocycles. The van der Waals surface area contributed by atoms with Crippen LogP contribution in [0.1, 0.15) is 0 Å². The Bertz CT molecular complexity index is 1610. The smallest absolute Gasteiger partial charge is 0.0894 e. The van der Waals surface area contributed by atoms with Gasteiger partial charge in [-0.1, -0.05) is 91.0 Å². The van der Waals surface area contributed by atoms with E-state index >= 15 is 0 Å². The van der Waals surface area contributed by atoms with Gasteiger partial charge in [-0.2, -0.15) is 0 Å². The molecule has 0 saturated carbocycles. The molecule has 0 fully saturated rings. The Morgan fingerprint density at radius 1 is 0.424 bits per heavy atom. The third-order valence-electron chi connectivity index (χ3n) is 5.87. The molecule has 0 bridgehead atoms. The Hall–Kier alpha value is -4.50. The van der Waals surface area contributed by atoms with Gasteiger partial charge >= 0.3 is 0 Å². The number of rotatable bonds is 1. The van der Waals surface area contributed by atoms with Gasteiger partial charge in [-0.25, -0.2) is 9.97 Å². The number of H-pyrrole nitrogens is 1. The number of nitrogens with zero attached hydrogens (tertiary/aromatic N) is 2. The number of aromatic amines is 1. The van der Waals surface area contributed by atoms with Crippen LogP contribution in [-0.4, -0.2) is 15.0 Å². The largest absolute Gasteiger partial charge is 0.354 e. The van der Waals surface area contributed by atoms with Crippen LogP contribution < -0.4 is 0 Å². The van der Waals surface area contributed by atoms with Crippen molar-refractivity contribution in [2.75, 3.05) is 0 Å². The molecule has 0 aliphatic rings. The summed E-state index contributed by atoms with van der Waals surface area (Å²) in [6.07, 6.45) is 0. The van der Waals surface area contributed by atoms with E-state index in [1.807, 2.05) is 48.5 Å². The van der Waals surface area contributed by atoms with Gasteiger partial charge in [0.15, 0.2) is 0 Å². The van der Waals surface area contributed by atoms with Crippen molar-refractivity contribution < 1.29 is 0 Å². The fourth-order valence-corrected chi connectivity index (χ4v) is 4.30. The predicted octanol–water partition coefficient (Wildman–Crippen LogP) is 7.77. The molecule has 7 aromatic rings. The van der Waals surface area contributed by atoms with Crippen molar-refractivity contribution >= 4 is 43.9 Å². The molecule has 156 valence electrons. The summed E-state index contributed by atoms with van der Waals surface area (Å²) in [7, 11) is 0. The van der Waals surface area contributed by atoms with Crippen molar-refractivity contribution in [1.82, 2.24) is 15.0 Å². The molecular weight excluding hydrogens is 402 g/mol. The third-order valence-corrected chi connectivity index (χ3v) is 5.87. The lowest BCUT2D eigenvalue weighted by Gasteiger charge is -2.03. The summed E-state index contributed by atoms with van der Waals surface area (Å²) in [5, 5.41) is 2.58. The van der Waals surface area contributed by atoms with Crippen LogP contribution in [0.4, 0.5) is 0 Å². The third kappa shape index (κ3) is 3.60. The van der Waals surface area contributed by atoms with E-state index < -0.39 is 0 Å². The van der Waals surface area contributed by atoms with Crippen molar-refractivity contribution in [3.63, 3.8) is 0 Å². The highest BCUT2D eigenvalue weighted by atomic mass is 14.8. The molecule has 0 amide bonds. The number of aromatic nitrogens is 3. The minimum absolute atomic E-state index is 0.950. The van der Waals surface area contributed by atoms with Crippen LogP contribution in [0.15, 0.2) is 121 Å². The molecule has 0 aliphatic heterocycles. The topological polar surface area (TPSA) is 41.6 Å². The van der Waals surface area contributed by atoms with E-state index in [1.165, 1.54) is 32.9 Å². The summed E-state index contributed by atoms with van der Waals surface area (Å²) in [4.78, 5) is 12.6. The van der Waals surface area contributed by atoms with Gasteiger partial charge in [0.25, 0.3) is 0 Å². The van der Waals surface area contributed by atoms with Gasteiger partial charge in [0.2, 0.25) is 0 Å². The van der Waals surface area contributed by atoms with Crippen LogP contribution in [0.25, 0.3) is 55.0 Å². The highest BCUT2D eigenvalue weighted by Gasteiger charge is 2.08. The lowest BCUT2D eigenvalue weighted by molar-refractivity contribution is 1.39. The Labute approximate surface area is 191 Å². The van der Waals surface area contributed by atoms with Crippen LogP contribution in [0.5, 0.6) is 0 Å². The molecule has 3 heteroatoms. The van der Waals surface area contributed by atoms with E-state index in [4.69, 9.17) is 0 Å². The quantitative estimate of drug-likeness (QED) is 0.274. The number of para-hydroxylation sites is 6. The van der Waals surface area contributed by atoms with Gasteiger partial charge in [0.1, 0.15) is 0 Å². The first-order valence-corrected chi connectivity index (χ1v) is 11.0. The number of hydrogen-bond acceptors (Lipinski definition) is 2. The molecule has 3 nitrogen and oxygen atoms in total. The van der Waals surface area contributed by atoms with Gasteiger partial charge in [-0.05, 0) is 35.9 Å². The minimum atomic E-state index is 0.950.